The predicted octanol–water partition coefficient (Wildman–Crippen LogP) is 1.72. The number of rotatable bonds is 1. The summed E-state index contributed by atoms with van der Waals surface area (Å²) in [5, 5.41) is 2.09. The van der Waals surface area contributed by atoms with Crippen LogP contribution in [0.2, 0.25) is 0 Å². The Labute approximate surface area is 103 Å². The monoisotopic (exact) mass is 270 g/mol. The molecule has 8 heteroatoms. The van der Waals surface area contributed by atoms with Crippen LogP contribution >= 0.6 is 0 Å². The lowest BCUT2D eigenvalue weighted by atomic mass is 10.2. The molecule has 0 unspecified atom stereocenters. The Kier molecular flexibility index (Phi) is 2.28. The SMILES string of the molecule is O=c1cc2[nH+]c(-c3ccco3)cc(C(F)(F)F)n2[nH]1. The molecular formula is C11H7F3N3O2+. The summed E-state index contributed by atoms with van der Waals surface area (Å²) in [4.78, 5) is 13.9. The molecule has 0 saturated heterocycles. The molecule has 3 aromatic heterocycles. The van der Waals surface area contributed by atoms with E-state index in [4.69, 9.17) is 4.42 Å². The van der Waals surface area contributed by atoms with E-state index in [-0.39, 0.29) is 17.1 Å². The minimum atomic E-state index is -4.60. The smallest absolute Gasteiger partial charge is 0.456 e. The van der Waals surface area contributed by atoms with Crippen molar-refractivity contribution in [2.24, 2.45) is 0 Å². The van der Waals surface area contributed by atoms with Gasteiger partial charge in [0.1, 0.15) is 0 Å². The number of aromatic nitrogens is 3. The third-order valence-corrected chi connectivity index (χ3v) is 2.59. The standard InChI is InChI=1S/C11H6F3N3O2/c12-11(13,14)8-4-6(7-2-1-3-19-7)15-9-5-10(18)16-17(8)9/h1-5H,(H,16,18)/p+1. The molecule has 0 radical (unpaired) electrons. The number of nitrogens with zero attached hydrogens (tertiary/aromatic N) is 1. The highest BCUT2D eigenvalue weighted by Crippen LogP contribution is 2.30. The average molecular weight is 270 g/mol. The highest BCUT2D eigenvalue weighted by Gasteiger charge is 2.39. The van der Waals surface area contributed by atoms with Crippen molar-refractivity contribution in [2.45, 2.75) is 6.18 Å². The van der Waals surface area contributed by atoms with Gasteiger partial charge in [0.15, 0.2) is 11.5 Å². The van der Waals surface area contributed by atoms with Crippen molar-refractivity contribution < 1.29 is 22.6 Å². The van der Waals surface area contributed by atoms with Crippen molar-refractivity contribution in [1.82, 2.24) is 9.61 Å². The van der Waals surface area contributed by atoms with Crippen molar-refractivity contribution >= 4 is 5.65 Å². The molecule has 0 aliphatic carbocycles. The molecule has 3 rings (SSSR count). The molecule has 0 aromatic carbocycles. The van der Waals surface area contributed by atoms with Crippen LogP contribution < -0.4 is 10.5 Å². The molecule has 0 aliphatic heterocycles. The van der Waals surface area contributed by atoms with Gasteiger partial charge in [-0.05, 0) is 12.1 Å². The Hall–Kier alpha value is -2.51. The molecule has 3 heterocycles. The highest BCUT2D eigenvalue weighted by atomic mass is 19.4. The molecule has 0 amide bonds. The first-order valence-corrected chi connectivity index (χ1v) is 5.24. The maximum absolute atomic E-state index is 13.0. The van der Waals surface area contributed by atoms with Gasteiger partial charge in [0, 0.05) is 6.07 Å². The highest BCUT2D eigenvalue weighted by molar-refractivity contribution is 5.51. The number of nitrogens with one attached hydrogen (secondary N) is 2. The number of hydrogen-bond donors (Lipinski definition) is 1. The molecular weight excluding hydrogens is 263 g/mol. The second-order valence-electron chi connectivity index (χ2n) is 3.88. The van der Waals surface area contributed by atoms with Crippen LogP contribution in [0.4, 0.5) is 13.2 Å². The normalized spacial score (nSPS) is 12.2. The number of aromatic amines is 2. The number of alkyl halides is 3. The molecule has 0 aliphatic rings. The molecule has 0 saturated carbocycles. The number of halogens is 3. The quantitative estimate of drug-likeness (QED) is 0.731. The zero-order chi connectivity index (χ0) is 13.6. The number of H-pyrrole nitrogens is 2. The van der Waals surface area contributed by atoms with Crippen molar-refractivity contribution in [3.8, 4) is 11.5 Å². The zero-order valence-electron chi connectivity index (χ0n) is 9.28. The minimum Gasteiger partial charge on any atom is -0.461 e. The largest absolute Gasteiger partial charge is 0.461 e. The lowest BCUT2D eigenvalue weighted by molar-refractivity contribution is -0.339. The van der Waals surface area contributed by atoms with Crippen LogP contribution in [-0.4, -0.2) is 9.61 Å². The lowest BCUT2D eigenvalue weighted by Crippen LogP contribution is -2.20. The van der Waals surface area contributed by atoms with Gasteiger partial charge in [0.2, 0.25) is 5.69 Å². The summed E-state index contributed by atoms with van der Waals surface area (Å²) in [5.41, 5.74) is -1.48. The number of hydrogen-bond acceptors (Lipinski definition) is 2. The molecule has 0 fully saturated rings. The van der Waals surface area contributed by atoms with Crippen molar-refractivity contribution in [1.29, 1.82) is 0 Å². The summed E-state index contributed by atoms with van der Waals surface area (Å²) in [6, 6.07) is 5.00. The molecule has 98 valence electrons. The van der Waals surface area contributed by atoms with Gasteiger partial charge in [-0.1, -0.05) is 0 Å². The van der Waals surface area contributed by atoms with Crippen LogP contribution in [0, 0.1) is 0 Å². The summed E-state index contributed by atoms with van der Waals surface area (Å²) in [6.45, 7) is 0. The Morgan fingerprint density at radius 3 is 2.74 bits per heavy atom. The predicted molar refractivity (Wildman–Crippen MR) is 57.3 cm³/mol. The summed E-state index contributed by atoms with van der Waals surface area (Å²) >= 11 is 0. The van der Waals surface area contributed by atoms with Crippen LogP contribution in [0.1, 0.15) is 5.69 Å². The van der Waals surface area contributed by atoms with Gasteiger partial charge in [0.05, 0.1) is 12.3 Å². The second kappa shape index (κ2) is 3.74. The fraction of sp³-hybridized carbons (Fsp3) is 0.0909. The van der Waals surface area contributed by atoms with Crippen LogP contribution in [0.15, 0.2) is 39.7 Å². The third kappa shape index (κ3) is 1.90. The first-order valence-electron chi connectivity index (χ1n) is 5.24. The molecule has 19 heavy (non-hydrogen) atoms. The van der Waals surface area contributed by atoms with Gasteiger partial charge in [-0.15, -0.1) is 4.52 Å². The van der Waals surface area contributed by atoms with E-state index in [1.165, 1.54) is 12.3 Å². The van der Waals surface area contributed by atoms with E-state index in [2.05, 4.69) is 10.1 Å². The molecule has 0 bridgehead atoms. The lowest BCUT2D eigenvalue weighted by Gasteiger charge is -2.04. The topological polar surface area (TPSA) is 64.6 Å². The fourth-order valence-electron chi connectivity index (χ4n) is 1.82. The van der Waals surface area contributed by atoms with E-state index in [1.54, 1.807) is 6.07 Å². The summed E-state index contributed by atoms with van der Waals surface area (Å²) in [6.07, 6.45) is -3.25. The van der Waals surface area contributed by atoms with E-state index in [0.717, 1.165) is 12.1 Å². The number of furan rings is 1. The number of fused-ring (bicyclic) bond motifs is 1. The van der Waals surface area contributed by atoms with Gasteiger partial charge >= 0.3 is 11.8 Å². The molecule has 0 atom stereocenters. The zero-order valence-corrected chi connectivity index (χ0v) is 9.28. The first kappa shape index (κ1) is 11.6. The van der Waals surface area contributed by atoms with E-state index in [1.807, 2.05) is 0 Å². The Morgan fingerprint density at radius 2 is 2.11 bits per heavy atom. The molecule has 5 nitrogen and oxygen atoms in total. The Morgan fingerprint density at radius 1 is 1.32 bits per heavy atom. The van der Waals surface area contributed by atoms with Crippen molar-refractivity contribution in [3.63, 3.8) is 0 Å². The maximum Gasteiger partial charge on any atom is 0.456 e. The molecule has 0 spiro atoms. The average Bonchev–Trinajstić information content (AvgIpc) is 2.92. The van der Waals surface area contributed by atoms with Gasteiger partial charge in [0.25, 0.3) is 5.56 Å². The van der Waals surface area contributed by atoms with Crippen LogP contribution in [0.25, 0.3) is 17.1 Å². The summed E-state index contributed by atoms with van der Waals surface area (Å²) < 4.78 is 44.6. The van der Waals surface area contributed by atoms with Gasteiger partial charge < -0.3 is 4.42 Å². The van der Waals surface area contributed by atoms with Crippen LogP contribution in [-0.2, 0) is 6.18 Å². The maximum atomic E-state index is 13.0. The third-order valence-electron chi connectivity index (χ3n) is 2.59. The Balaban J connectivity index is 2.36. The first-order chi connectivity index (χ1) is 8.95. The van der Waals surface area contributed by atoms with Crippen molar-refractivity contribution in [2.75, 3.05) is 0 Å². The van der Waals surface area contributed by atoms with Crippen LogP contribution in [0.5, 0.6) is 0 Å². The van der Waals surface area contributed by atoms with Crippen LogP contribution in [0.3, 0.4) is 0 Å². The van der Waals surface area contributed by atoms with Gasteiger partial charge in [-0.2, -0.15) is 18.3 Å². The van der Waals surface area contributed by atoms with E-state index >= 15 is 0 Å². The van der Waals surface area contributed by atoms with E-state index in [0.29, 0.717) is 4.52 Å². The summed E-state index contributed by atoms with van der Waals surface area (Å²) in [7, 11) is 0. The minimum absolute atomic E-state index is 0.00576. The van der Waals surface area contributed by atoms with Gasteiger partial charge in [-0.25, -0.2) is 4.98 Å². The summed E-state index contributed by atoms with van der Waals surface area (Å²) in [5.74, 6) is 0.252. The molecule has 3 aromatic rings. The Bertz CT molecular complexity index is 784. The van der Waals surface area contributed by atoms with E-state index in [9.17, 15) is 18.0 Å². The fourth-order valence-corrected chi connectivity index (χ4v) is 1.82. The second-order valence-corrected chi connectivity index (χ2v) is 3.88. The van der Waals surface area contributed by atoms with E-state index < -0.39 is 17.4 Å². The van der Waals surface area contributed by atoms with Gasteiger partial charge in [-0.3, -0.25) is 4.79 Å². The molecule has 2 N–H and O–H groups in total. The van der Waals surface area contributed by atoms with Crippen molar-refractivity contribution in [3.05, 3.63) is 46.6 Å².